The van der Waals surface area contributed by atoms with Crippen molar-refractivity contribution < 1.29 is 14.9 Å². The van der Waals surface area contributed by atoms with E-state index in [2.05, 4.69) is 5.32 Å². The SMILES string of the molecule is NC(=O)NC(=O)[C@H]([NH2+]C1CC1)c1ccccc1. The van der Waals surface area contributed by atoms with Crippen LogP contribution in [-0.2, 0) is 4.79 Å². The molecule has 1 aliphatic carbocycles. The molecule has 0 aromatic heterocycles. The molecule has 5 N–H and O–H groups in total. The second-order valence-electron chi connectivity index (χ2n) is 4.27. The van der Waals surface area contributed by atoms with Crippen molar-refractivity contribution in [2.75, 3.05) is 0 Å². The van der Waals surface area contributed by atoms with Gasteiger partial charge in [-0.05, 0) is 0 Å². The molecule has 0 unspecified atom stereocenters. The molecular weight excluding hydrogens is 218 g/mol. The van der Waals surface area contributed by atoms with Crippen LogP contribution < -0.4 is 16.4 Å². The first-order valence-corrected chi connectivity index (χ1v) is 5.67. The lowest BCUT2D eigenvalue weighted by Gasteiger charge is -2.14. The Kier molecular flexibility index (Phi) is 3.39. The highest BCUT2D eigenvalue weighted by molar-refractivity contribution is 5.96. The van der Waals surface area contributed by atoms with Gasteiger partial charge in [0.1, 0.15) is 0 Å². The van der Waals surface area contributed by atoms with Crippen molar-refractivity contribution in [1.29, 1.82) is 0 Å². The standard InChI is InChI=1S/C12H15N3O2/c13-12(17)15-11(16)10(14-9-6-7-9)8-4-2-1-3-5-8/h1-5,9-10,14H,6-7H2,(H3,13,15,16,17)/p+1/t10-/m1/s1. The first-order chi connectivity index (χ1) is 8.16. The van der Waals surface area contributed by atoms with Crippen molar-refractivity contribution in [2.24, 2.45) is 5.73 Å². The molecule has 1 aromatic rings. The monoisotopic (exact) mass is 234 g/mol. The maximum Gasteiger partial charge on any atom is 0.319 e. The molecule has 0 spiro atoms. The highest BCUT2D eigenvalue weighted by atomic mass is 16.2. The Morgan fingerprint density at radius 2 is 1.94 bits per heavy atom. The predicted molar refractivity (Wildman–Crippen MR) is 61.9 cm³/mol. The number of carbonyl (C=O) groups excluding carboxylic acids is 2. The molecule has 1 aromatic carbocycles. The van der Waals surface area contributed by atoms with Gasteiger partial charge in [0.2, 0.25) is 0 Å². The number of nitrogens with two attached hydrogens (primary N) is 2. The summed E-state index contributed by atoms with van der Waals surface area (Å²) in [6, 6.07) is 8.69. The van der Waals surface area contributed by atoms with Crippen molar-refractivity contribution in [2.45, 2.75) is 24.9 Å². The quantitative estimate of drug-likeness (QED) is 0.664. The third-order valence-electron chi connectivity index (χ3n) is 2.77. The number of quaternary nitrogens is 1. The molecule has 0 radical (unpaired) electrons. The van der Waals surface area contributed by atoms with E-state index >= 15 is 0 Å². The molecule has 0 aliphatic heterocycles. The molecule has 5 nitrogen and oxygen atoms in total. The fourth-order valence-electron chi connectivity index (χ4n) is 1.77. The van der Waals surface area contributed by atoms with Crippen LogP contribution >= 0.6 is 0 Å². The Labute approximate surface area is 99.4 Å². The van der Waals surface area contributed by atoms with Gasteiger partial charge in [0.15, 0.2) is 6.04 Å². The van der Waals surface area contributed by atoms with E-state index < -0.39 is 12.1 Å². The predicted octanol–water partition coefficient (Wildman–Crippen LogP) is -0.352. The van der Waals surface area contributed by atoms with Crippen LogP contribution in [0.25, 0.3) is 0 Å². The van der Waals surface area contributed by atoms with E-state index in [1.165, 1.54) is 0 Å². The largest absolute Gasteiger partial charge is 0.351 e. The summed E-state index contributed by atoms with van der Waals surface area (Å²) in [5, 5.41) is 4.14. The van der Waals surface area contributed by atoms with E-state index in [1.54, 1.807) is 0 Å². The summed E-state index contributed by atoms with van der Waals surface area (Å²) in [6.45, 7) is 0. The zero-order valence-corrected chi connectivity index (χ0v) is 9.43. The maximum atomic E-state index is 11.9. The lowest BCUT2D eigenvalue weighted by Crippen LogP contribution is -2.89. The van der Waals surface area contributed by atoms with Gasteiger partial charge < -0.3 is 11.1 Å². The van der Waals surface area contributed by atoms with Gasteiger partial charge in [-0.25, -0.2) is 4.79 Å². The summed E-state index contributed by atoms with van der Waals surface area (Å²) in [7, 11) is 0. The number of primary amides is 1. The highest BCUT2D eigenvalue weighted by Crippen LogP contribution is 2.17. The van der Waals surface area contributed by atoms with Gasteiger partial charge in [-0.2, -0.15) is 0 Å². The Morgan fingerprint density at radius 3 is 2.47 bits per heavy atom. The average molecular weight is 234 g/mol. The van der Waals surface area contributed by atoms with Crippen LogP contribution in [0.4, 0.5) is 4.79 Å². The molecule has 1 fully saturated rings. The number of amides is 3. The zero-order valence-electron chi connectivity index (χ0n) is 9.43. The number of nitrogens with one attached hydrogen (secondary N) is 1. The molecule has 1 saturated carbocycles. The van der Waals surface area contributed by atoms with Crippen LogP contribution in [0.3, 0.4) is 0 Å². The zero-order chi connectivity index (χ0) is 12.3. The number of hydrogen-bond acceptors (Lipinski definition) is 2. The van der Waals surface area contributed by atoms with Crippen molar-refractivity contribution in [3.8, 4) is 0 Å². The van der Waals surface area contributed by atoms with Crippen molar-refractivity contribution in [3.05, 3.63) is 35.9 Å². The van der Waals surface area contributed by atoms with Crippen LogP contribution in [0.2, 0.25) is 0 Å². The molecule has 90 valence electrons. The number of carbonyl (C=O) groups is 2. The van der Waals surface area contributed by atoms with Gasteiger partial charge in [0.25, 0.3) is 5.91 Å². The van der Waals surface area contributed by atoms with E-state index in [0.717, 1.165) is 18.4 Å². The summed E-state index contributed by atoms with van der Waals surface area (Å²) < 4.78 is 0. The van der Waals surface area contributed by atoms with Gasteiger partial charge in [-0.1, -0.05) is 30.3 Å². The van der Waals surface area contributed by atoms with Crippen LogP contribution in [0.5, 0.6) is 0 Å². The molecular formula is C12H16N3O2+. The van der Waals surface area contributed by atoms with Gasteiger partial charge in [0.05, 0.1) is 6.04 Å². The fraction of sp³-hybridized carbons (Fsp3) is 0.333. The van der Waals surface area contributed by atoms with Gasteiger partial charge in [0, 0.05) is 18.4 Å². The van der Waals surface area contributed by atoms with Crippen molar-refractivity contribution in [1.82, 2.24) is 5.32 Å². The molecule has 0 bridgehead atoms. The Bertz CT molecular complexity index is 415. The lowest BCUT2D eigenvalue weighted by molar-refractivity contribution is -0.695. The van der Waals surface area contributed by atoms with E-state index in [0.29, 0.717) is 6.04 Å². The third-order valence-corrected chi connectivity index (χ3v) is 2.77. The van der Waals surface area contributed by atoms with E-state index in [4.69, 9.17) is 5.73 Å². The van der Waals surface area contributed by atoms with Crippen molar-refractivity contribution in [3.63, 3.8) is 0 Å². The van der Waals surface area contributed by atoms with Crippen LogP contribution in [0, 0.1) is 0 Å². The summed E-state index contributed by atoms with van der Waals surface area (Å²) >= 11 is 0. The first kappa shape index (κ1) is 11.6. The second-order valence-corrected chi connectivity index (χ2v) is 4.27. The first-order valence-electron chi connectivity index (χ1n) is 5.67. The molecule has 2 rings (SSSR count). The molecule has 3 amide bonds. The van der Waals surface area contributed by atoms with Gasteiger partial charge >= 0.3 is 6.03 Å². The molecule has 0 saturated heterocycles. The number of imide groups is 1. The van der Waals surface area contributed by atoms with Crippen LogP contribution in [0.15, 0.2) is 30.3 Å². The summed E-state index contributed by atoms with van der Waals surface area (Å²) in [4.78, 5) is 22.6. The van der Waals surface area contributed by atoms with Crippen LogP contribution in [0.1, 0.15) is 24.4 Å². The summed E-state index contributed by atoms with van der Waals surface area (Å²) in [5.41, 5.74) is 5.86. The average Bonchev–Trinajstić information content (AvgIpc) is 3.10. The molecule has 1 atom stereocenters. The highest BCUT2D eigenvalue weighted by Gasteiger charge is 2.34. The summed E-state index contributed by atoms with van der Waals surface area (Å²) in [6.07, 6.45) is 2.24. The normalized spacial score (nSPS) is 16.2. The molecule has 5 heteroatoms. The molecule has 0 heterocycles. The summed E-state index contributed by atoms with van der Waals surface area (Å²) in [5.74, 6) is -0.351. The van der Waals surface area contributed by atoms with E-state index in [1.807, 2.05) is 35.6 Å². The number of urea groups is 1. The smallest absolute Gasteiger partial charge is 0.319 e. The minimum Gasteiger partial charge on any atom is -0.351 e. The molecule has 1 aliphatic rings. The van der Waals surface area contributed by atoms with Gasteiger partial charge in [-0.3, -0.25) is 10.1 Å². The Morgan fingerprint density at radius 1 is 1.29 bits per heavy atom. The Hall–Kier alpha value is -1.88. The van der Waals surface area contributed by atoms with E-state index in [-0.39, 0.29) is 5.91 Å². The van der Waals surface area contributed by atoms with Crippen LogP contribution in [-0.4, -0.2) is 18.0 Å². The topological polar surface area (TPSA) is 88.8 Å². The second kappa shape index (κ2) is 4.97. The fourth-order valence-corrected chi connectivity index (χ4v) is 1.77. The van der Waals surface area contributed by atoms with E-state index in [9.17, 15) is 9.59 Å². The minimum absolute atomic E-state index is 0.351. The number of rotatable bonds is 4. The number of benzene rings is 1. The van der Waals surface area contributed by atoms with Gasteiger partial charge in [-0.15, -0.1) is 0 Å². The lowest BCUT2D eigenvalue weighted by atomic mass is 10.1. The Balaban J connectivity index is 2.12. The maximum absolute atomic E-state index is 11.9. The molecule has 17 heavy (non-hydrogen) atoms. The minimum atomic E-state index is -0.805. The third kappa shape index (κ3) is 3.29. The van der Waals surface area contributed by atoms with Crippen molar-refractivity contribution >= 4 is 11.9 Å². The number of hydrogen-bond donors (Lipinski definition) is 3.